The zero-order valence-corrected chi connectivity index (χ0v) is 13.7. The Kier molecular flexibility index (Phi) is 6.10. The summed E-state index contributed by atoms with van der Waals surface area (Å²) in [6.45, 7) is -2.93. The van der Waals surface area contributed by atoms with Crippen LogP contribution >= 0.6 is 0 Å². The molecule has 0 aliphatic heterocycles. The Morgan fingerprint density at radius 1 is 1.04 bits per heavy atom. The lowest BCUT2D eigenvalue weighted by Crippen LogP contribution is -2.31. The average molecular weight is 357 g/mol. The first kappa shape index (κ1) is 18.2. The highest BCUT2D eigenvalue weighted by Crippen LogP contribution is 2.27. The second-order valence-corrected chi connectivity index (χ2v) is 6.83. The molecule has 0 atom stereocenters. The van der Waals surface area contributed by atoms with Gasteiger partial charge in [-0.1, -0.05) is 30.3 Å². The Balaban J connectivity index is 2.06. The molecule has 0 saturated carbocycles. The Labute approximate surface area is 139 Å². The van der Waals surface area contributed by atoms with Crippen molar-refractivity contribution < 1.29 is 26.7 Å². The topological polar surface area (TPSA) is 55.8 Å². The van der Waals surface area contributed by atoms with Crippen molar-refractivity contribution in [1.29, 1.82) is 0 Å². The lowest BCUT2D eigenvalue weighted by atomic mass is 10.3. The summed E-state index contributed by atoms with van der Waals surface area (Å²) in [4.78, 5) is -0.312. The normalized spacial score (nSPS) is 11.7. The minimum Gasteiger partial charge on any atom is -0.492 e. The van der Waals surface area contributed by atoms with E-state index in [1.165, 1.54) is 31.3 Å². The van der Waals surface area contributed by atoms with Gasteiger partial charge in [0.15, 0.2) is 0 Å². The molecular formula is C16H17F2NO4S. The maximum absolute atomic E-state index is 12.5. The van der Waals surface area contributed by atoms with Gasteiger partial charge >= 0.3 is 6.61 Å². The van der Waals surface area contributed by atoms with Gasteiger partial charge < -0.3 is 9.47 Å². The molecule has 0 heterocycles. The van der Waals surface area contributed by atoms with Crippen LogP contribution in [0.5, 0.6) is 11.5 Å². The predicted octanol–water partition coefficient (Wildman–Crippen LogP) is 2.99. The standard InChI is InChI=1S/C16H17F2NO4S/c1-19(11-12-22-13-7-3-2-4-8-13)24(20,21)15-10-6-5-9-14(15)23-16(17)18/h2-10,16H,11-12H2,1H3. The van der Waals surface area contributed by atoms with Crippen LogP contribution in [0, 0.1) is 0 Å². The van der Waals surface area contributed by atoms with Crippen LogP contribution in [0.3, 0.4) is 0 Å². The number of hydrogen-bond acceptors (Lipinski definition) is 4. The number of sulfonamides is 1. The Morgan fingerprint density at radius 3 is 2.33 bits per heavy atom. The summed E-state index contributed by atoms with van der Waals surface area (Å²) in [6.07, 6.45) is 0. The van der Waals surface area contributed by atoms with E-state index in [-0.39, 0.29) is 23.8 Å². The molecule has 0 aliphatic carbocycles. The quantitative estimate of drug-likeness (QED) is 0.729. The number of para-hydroxylation sites is 2. The maximum atomic E-state index is 12.5. The highest BCUT2D eigenvalue weighted by Gasteiger charge is 2.25. The molecule has 0 unspecified atom stereocenters. The van der Waals surface area contributed by atoms with Crippen LogP contribution in [0.15, 0.2) is 59.5 Å². The molecule has 0 aromatic heterocycles. The average Bonchev–Trinajstić information content (AvgIpc) is 2.55. The molecule has 0 radical (unpaired) electrons. The second-order valence-electron chi connectivity index (χ2n) is 4.81. The number of alkyl halides is 2. The van der Waals surface area contributed by atoms with Gasteiger partial charge in [-0.3, -0.25) is 0 Å². The fraction of sp³-hybridized carbons (Fsp3) is 0.250. The Bertz CT molecular complexity index is 754. The molecular weight excluding hydrogens is 340 g/mol. The van der Waals surface area contributed by atoms with Crippen molar-refractivity contribution in [1.82, 2.24) is 4.31 Å². The number of halogens is 2. The van der Waals surface area contributed by atoms with Gasteiger partial charge in [0.2, 0.25) is 10.0 Å². The van der Waals surface area contributed by atoms with Gasteiger partial charge in [0.05, 0.1) is 0 Å². The molecule has 0 amide bonds. The van der Waals surface area contributed by atoms with E-state index in [0.717, 1.165) is 4.31 Å². The molecule has 0 saturated heterocycles. The molecule has 2 aromatic rings. The van der Waals surface area contributed by atoms with Gasteiger partial charge in [-0.2, -0.15) is 13.1 Å². The highest BCUT2D eigenvalue weighted by molar-refractivity contribution is 7.89. The summed E-state index contributed by atoms with van der Waals surface area (Å²) in [5, 5.41) is 0. The number of hydrogen-bond donors (Lipinski definition) is 0. The first-order chi connectivity index (χ1) is 11.4. The molecule has 0 fully saturated rings. The lowest BCUT2D eigenvalue weighted by molar-refractivity contribution is -0.0517. The van der Waals surface area contributed by atoms with Gasteiger partial charge in [-0.25, -0.2) is 8.42 Å². The van der Waals surface area contributed by atoms with Crippen LogP contribution in [0.25, 0.3) is 0 Å². The molecule has 2 aromatic carbocycles. The van der Waals surface area contributed by atoms with Crippen LogP contribution < -0.4 is 9.47 Å². The molecule has 2 rings (SSSR count). The van der Waals surface area contributed by atoms with Gasteiger partial charge in [0.25, 0.3) is 0 Å². The third-order valence-corrected chi connectivity index (χ3v) is 5.07. The van der Waals surface area contributed by atoms with E-state index in [0.29, 0.717) is 5.75 Å². The minimum absolute atomic E-state index is 0.0558. The third-order valence-electron chi connectivity index (χ3n) is 3.17. The summed E-state index contributed by atoms with van der Waals surface area (Å²) in [5.74, 6) is 0.230. The van der Waals surface area contributed by atoms with Gasteiger partial charge in [-0.15, -0.1) is 0 Å². The summed E-state index contributed by atoms with van der Waals surface area (Å²) in [7, 11) is -2.62. The lowest BCUT2D eigenvalue weighted by Gasteiger charge is -2.19. The van der Waals surface area contributed by atoms with Crippen molar-refractivity contribution in [3.05, 3.63) is 54.6 Å². The summed E-state index contributed by atoms with van der Waals surface area (Å²) < 4.78 is 60.7. The van der Waals surface area contributed by atoms with Crippen LogP contribution in [0.1, 0.15) is 0 Å². The minimum atomic E-state index is -3.97. The van der Waals surface area contributed by atoms with Crippen molar-refractivity contribution in [2.45, 2.75) is 11.5 Å². The molecule has 5 nitrogen and oxygen atoms in total. The van der Waals surface area contributed by atoms with Crippen LogP contribution in [-0.4, -0.2) is 39.5 Å². The SMILES string of the molecule is CN(CCOc1ccccc1)S(=O)(=O)c1ccccc1OC(F)F. The first-order valence-corrected chi connectivity index (χ1v) is 8.53. The van der Waals surface area contributed by atoms with Gasteiger partial charge in [-0.05, 0) is 24.3 Å². The van der Waals surface area contributed by atoms with E-state index in [9.17, 15) is 17.2 Å². The van der Waals surface area contributed by atoms with Crippen molar-refractivity contribution in [3.63, 3.8) is 0 Å². The van der Waals surface area contributed by atoms with Crippen LogP contribution in [0.4, 0.5) is 8.78 Å². The molecule has 24 heavy (non-hydrogen) atoms. The molecule has 0 bridgehead atoms. The highest BCUT2D eigenvalue weighted by atomic mass is 32.2. The monoisotopic (exact) mass is 357 g/mol. The zero-order chi connectivity index (χ0) is 17.6. The van der Waals surface area contributed by atoms with Crippen molar-refractivity contribution in [3.8, 4) is 11.5 Å². The van der Waals surface area contributed by atoms with Gasteiger partial charge in [0.1, 0.15) is 23.0 Å². The Hall–Kier alpha value is -2.19. The first-order valence-electron chi connectivity index (χ1n) is 7.09. The fourth-order valence-corrected chi connectivity index (χ4v) is 3.23. The molecule has 0 aliphatic rings. The van der Waals surface area contributed by atoms with E-state index < -0.39 is 16.6 Å². The van der Waals surface area contributed by atoms with Crippen LogP contribution in [-0.2, 0) is 10.0 Å². The summed E-state index contributed by atoms with van der Waals surface area (Å²) >= 11 is 0. The Morgan fingerprint density at radius 2 is 1.67 bits per heavy atom. The van der Waals surface area contributed by atoms with Crippen molar-refractivity contribution in [2.24, 2.45) is 0 Å². The van der Waals surface area contributed by atoms with Crippen molar-refractivity contribution in [2.75, 3.05) is 20.2 Å². The van der Waals surface area contributed by atoms with E-state index in [2.05, 4.69) is 4.74 Å². The number of benzene rings is 2. The molecule has 8 heteroatoms. The van der Waals surface area contributed by atoms with E-state index in [1.807, 2.05) is 6.07 Å². The van der Waals surface area contributed by atoms with E-state index >= 15 is 0 Å². The van der Waals surface area contributed by atoms with Crippen molar-refractivity contribution >= 4 is 10.0 Å². The third kappa shape index (κ3) is 4.65. The number of likely N-dealkylation sites (N-methyl/N-ethyl adjacent to an activating group) is 1. The smallest absolute Gasteiger partial charge is 0.387 e. The number of rotatable bonds is 8. The van der Waals surface area contributed by atoms with Crippen LogP contribution in [0.2, 0.25) is 0 Å². The number of nitrogens with zero attached hydrogens (tertiary/aromatic N) is 1. The second kappa shape index (κ2) is 8.07. The number of ether oxygens (including phenoxy) is 2. The largest absolute Gasteiger partial charge is 0.492 e. The summed E-state index contributed by atoms with van der Waals surface area (Å²) in [5.41, 5.74) is 0. The molecule has 0 N–H and O–H groups in total. The van der Waals surface area contributed by atoms with E-state index in [1.54, 1.807) is 24.3 Å². The summed E-state index contributed by atoms with van der Waals surface area (Å²) in [6, 6.07) is 14.2. The maximum Gasteiger partial charge on any atom is 0.387 e. The fourth-order valence-electron chi connectivity index (χ4n) is 1.95. The molecule has 0 spiro atoms. The van der Waals surface area contributed by atoms with E-state index in [4.69, 9.17) is 4.74 Å². The zero-order valence-electron chi connectivity index (χ0n) is 12.9. The van der Waals surface area contributed by atoms with Gasteiger partial charge in [0, 0.05) is 13.6 Å². The predicted molar refractivity (Wildman–Crippen MR) is 84.8 cm³/mol. The molecule has 130 valence electrons.